The Morgan fingerprint density at radius 3 is 2.68 bits per heavy atom. The third kappa shape index (κ3) is 1.81. The molecule has 0 unspecified atom stereocenters. The first-order valence-corrected chi connectivity index (χ1v) is 6.88. The lowest BCUT2D eigenvalue weighted by Gasteiger charge is -2.05. The maximum atomic E-state index is 8.75. The van der Waals surface area contributed by atoms with Crippen LogP contribution in [0.5, 0.6) is 0 Å². The summed E-state index contributed by atoms with van der Waals surface area (Å²) in [7, 11) is 0. The van der Waals surface area contributed by atoms with Crippen molar-refractivity contribution in [2.24, 2.45) is 5.11 Å². The molecule has 0 saturated carbocycles. The highest BCUT2D eigenvalue weighted by Gasteiger charge is 2.12. The number of aromatic amines is 1. The molecule has 0 aliphatic carbocycles. The lowest BCUT2D eigenvalue weighted by Crippen LogP contribution is -1.85. The van der Waals surface area contributed by atoms with Crippen molar-refractivity contribution in [2.45, 2.75) is 0 Å². The fourth-order valence-electron chi connectivity index (χ4n) is 2.79. The van der Waals surface area contributed by atoms with Crippen molar-refractivity contribution in [2.75, 3.05) is 0 Å². The van der Waals surface area contributed by atoms with Crippen LogP contribution in [0.1, 0.15) is 0 Å². The van der Waals surface area contributed by atoms with E-state index in [2.05, 4.69) is 26.1 Å². The monoisotopic (exact) mass is 285 g/mol. The highest BCUT2D eigenvalue weighted by Crippen LogP contribution is 2.35. The number of benzene rings is 2. The van der Waals surface area contributed by atoms with Gasteiger partial charge in [-0.3, -0.25) is 4.98 Å². The van der Waals surface area contributed by atoms with Gasteiger partial charge in [-0.25, -0.2) is 0 Å². The predicted molar refractivity (Wildman–Crippen MR) is 87.8 cm³/mol. The smallest absolute Gasteiger partial charge is 0.0947 e. The van der Waals surface area contributed by atoms with Crippen molar-refractivity contribution in [3.63, 3.8) is 0 Å². The summed E-state index contributed by atoms with van der Waals surface area (Å²) in [5.74, 6) is 0. The Hall–Kier alpha value is -3.30. The number of nitrogens with zero attached hydrogens (tertiary/aromatic N) is 4. The number of pyridine rings is 1. The topological polar surface area (TPSA) is 77.4 Å². The average molecular weight is 285 g/mol. The Kier molecular flexibility index (Phi) is 2.78. The number of azide groups is 1. The molecule has 0 amide bonds. The third-order valence-electron chi connectivity index (χ3n) is 3.74. The Balaban J connectivity index is 2.10. The summed E-state index contributed by atoms with van der Waals surface area (Å²) in [6.07, 6.45) is 1.78. The van der Waals surface area contributed by atoms with Crippen molar-refractivity contribution >= 4 is 27.5 Å². The highest BCUT2D eigenvalue weighted by atomic mass is 15.1. The van der Waals surface area contributed by atoms with Crippen LogP contribution in [0.2, 0.25) is 0 Å². The summed E-state index contributed by atoms with van der Waals surface area (Å²) in [6.45, 7) is 0. The number of fused-ring (bicyclic) bond motifs is 3. The SMILES string of the molecule is [N-]=[N+]=Nc1ccccc1-c1nccc2c1[nH]c1ccccc12. The van der Waals surface area contributed by atoms with Crippen LogP contribution in [-0.4, -0.2) is 9.97 Å². The summed E-state index contributed by atoms with van der Waals surface area (Å²) in [6, 6.07) is 17.6. The molecule has 0 aliphatic rings. The van der Waals surface area contributed by atoms with Crippen LogP contribution >= 0.6 is 0 Å². The zero-order valence-electron chi connectivity index (χ0n) is 11.6. The van der Waals surface area contributed by atoms with Crippen LogP contribution in [0.4, 0.5) is 5.69 Å². The van der Waals surface area contributed by atoms with Crippen LogP contribution < -0.4 is 0 Å². The van der Waals surface area contributed by atoms with E-state index in [1.54, 1.807) is 12.3 Å². The molecule has 2 aromatic heterocycles. The van der Waals surface area contributed by atoms with E-state index in [-0.39, 0.29) is 0 Å². The fraction of sp³-hybridized carbons (Fsp3) is 0. The van der Waals surface area contributed by atoms with Crippen molar-refractivity contribution in [1.29, 1.82) is 0 Å². The molecule has 4 aromatic rings. The molecule has 0 radical (unpaired) electrons. The second kappa shape index (κ2) is 4.91. The molecule has 2 aromatic carbocycles. The Bertz CT molecular complexity index is 1040. The largest absolute Gasteiger partial charge is 0.353 e. The first kappa shape index (κ1) is 12.4. The van der Waals surface area contributed by atoms with Crippen LogP contribution in [0.25, 0.3) is 43.5 Å². The van der Waals surface area contributed by atoms with Gasteiger partial charge in [0.15, 0.2) is 0 Å². The first-order chi connectivity index (χ1) is 10.9. The number of hydrogen-bond acceptors (Lipinski definition) is 2. The van der Waals surface area contributed by atoms with E-state index in [1.807, 2.05) is 42.5 Å². The number of nitrogens with one attached hydrogen (secondary N) is 1. The van der Waals surface area contributed by atoms with E-state index >= 15 is 0 Å². The van der Waals surface area contributed by atoms with E-state index in [1.165, 1.54) is 0 Å². The van der Waals surface area contributed by atoms with Gasteiger partial charge < -0.3 is 4.98 Å². The number of aromatic nitrogens is 2. The molecule has 0 bridgehead atoms. The molecule has 2 heterocycles. The maximum Gasteiger partial charge on any atom is 0.0947 e. The number of hydrogen-bond donors (Lipinski definition) is 1. The molecule has 1 N–H and O–H groups in total. The van der Waals surface area contributed by atoms with E-state index in [0.717, 1.165) is 33.1 Å². The molecule has 0 spiro atoms. The number of H-pyrrole nitrogens is 1. The lowest BCUT2D eigenvalue weighted by molar-refractivity contribution is 1.33. The molecule has 0 fully saturated rings. The van der Waals surface area contributed by atoms with Gasteiger partial charge in [-0.05, 0) is 17.7 Å². The van der Waals surface area contributed by atoms with E-state index in [4.69, 9.17) is 5.53 Å². The molecule has 0 saturated heterocycles. The van der Waals surface area contributed by atoms with Crippen molar-refractivity contribution in [1.82, 2.24) is 9.97 Å². The van der Waals surface area contributed by atoms with Crippen molar-refractivity contribution in [3.8, 4) is 11.3 Å². The summed E-state index contributed by atoms with van der Waals surface area (Å²) < 4.78 is 0. The third-order valence-corrected chi connectivity index (χ3v) is 3.74. The van der Waals surface area contributed by atoms with E-state index < -0.39 is 0 Å². The minimum Gasteiger partial charge on any atom is -0.353 e. The van der Waals surface area contributed by atoms with E-state index in [0.29, 0.717) is 5.69 Å². The normalized spacial score (nSPS) is 10.7. The van der Waals surface area contributed by atoms with Crippen LogP contribution in [-0.2, 0) is 0 Å². The lowest BCUT2D eigenvalue weighted by atomic mass is 10.1. The maximum absolute atomic E-state index is 8.75. The molecule has 104 valence electrons. The quantitative estimate of drug-likeness (QED) is 0.302. The molecular weight excluding hydrogens is 274 g/mol. The van der Waals surface area contributed by atoms with Gasteiger partial charge in [0.25, 0.3) is 0 Å². The molecule has 0 aliphatic heterocycles. The summed E-state index contributed by atoms with van der Waals surface area (Å²) >= 11 is 0. The van der Waals surface area contributed by atoms with Crippen LogP contribution in [0, 0.1) is 0 Å². The number of rotatable bonds is 2. The van der Waals surface area contributed by atoms with Crippen molar-refractivity contribution < 1.29 is 0 Å². The summed E-state index contributed by atoms with van der Waals surface area (Å²) in [5.41, 5.74) is 12.9. The fourth-order valence-corrected chi connectivity index (χ4v) is 2.79. The van der Waals surface area contributed by atoms with Gasteiger partial charge in [-0.2, -0.15) is 0 Å². The standard InChI is InChI=1S/C17H11N5/c18-22-21-15-8-4-2-6-13(15)16-17-12(9-10-19-16)11-5-1-3-7-14(11)20-17/h1-10,20H. The number of para-hydroxylation sites is 1. The van der Waals surface area contributed by atoms with Gasteiger partial charge >= 0.3 is 0 Å². The minimum atomic E-state index is 0.573. The second-order valence-electron chi connectivity index (χ2n) is 4.96. The van der Waals surface area contributed by atoms with Gasteiger partial charge in [0, 0.05) is 38.6 Å². The van der Waals surface area contributed by atoms with Gasteiger partial charge in [0.05, 0.1) is 11.2 Å². The average Bonchev–Trinajstić information content (AvgIpc) is 2.94. The van der Waals surface area contributed by atoms with Gasteiger partial charge in [-0.1, -0.05) is 47.6 Å². The highest BCUT2D eigenvalue weighted by molar-refractivity contribution is 6.11. The Morgan fingerprint density at radius 1 is 0.955 bits per heavy atom. The molecule has 4 rings (SSSR count). The molecule has 22 heavy (non-hydrogen) atoms. The van der Waals surface area contributed by atoms with Crippen LogP contribution in [0.15, 0.2) is 65.9 Å². The second-order valence-corrected chi connectivity index (χ2v) is 4.96. The van der Waals surface area contributed by atoms with Gasteiger partial charge in [0.1, 0.15) is 0 Å². The zero-order valence-corrected chi connectivity index (χ0v) is 11.6. The minimum absolute atomic E-state index is 0.573. The Labute approximate surface area is 125 Å². The summed E-state index contributed by atoms with van der Waals surface area (Å²) in [5, 5.41) is 6.03. The van der Waals surface area contributed by atoms with Crippen LogP contribution in [0.3, 0.4) is 0 Å². The molecule has 5 nitrogen and oxygen atoms in total. The zero-order chi connectivity index (χ0) is 14.9. The predicted octanol–water partition coefficient (Wildman–Crippen LogP) is 5.32. The summed E-state index contributed by atoms with van der Waals surface area (Å²) in [4.78, 5) is 10.8. The van der Waals surface area contributed by atoms with Gasteiger partial charge in [0.2, 0.25) is 0 Å². The molecule has 0 atom stereocenters. The molecule has 5 heteroatoms. The first-order valence-electron chi connectivity index (χ1n) is 6.88. The van der Waals surface area contributed by atoms with E-state index in [9.17, 15) is 0 Å². The molecular formula is C17H11N5. The Morgan fingerprint density at radius 2 is 1.77 bits per heavy atom. The van der Waals surface area contributed by atoms with Gasteiger partial charge in [-0.15, -0.1) is 0 Å². The van der Waals surface area contributed by atoms with Crippen molar-refractivity contribution in [3.05, 3.63) is 71.2 Å².